The van der Waals surface area contributed by atoms with Gasteiger partial charge in [-0.2, -0.15) is 0 Å². The number of fused-ring (bicyclic) bond motifs is 1. The van der Waals surface area contributed by atoms with Gasteiger partial charge in [-0.25, -0.2) is 4.98 Å². The van der Waals surface area contributed by atoms with E-state index in [2.05, 4.69) is 17.2 Å². The molecule has 0 spiro atoms. The minimum Gasteiger partial charge on any atom is -0.494 e. The maximum atomic E-state index is 11.9. The summed E-state index contributed by atoms with van der Waals surface area (Å²) in [7, 11) is 0. The first-order chi connectivity index (χ1) is 12.7. The summed E-state index contributed by atoms with van der Waals surface area (Å²) in [5, 5.41) is 3.73. The quantitative estimate of drug-likeness (QED) is 0.468. The second-order valence-electron chi connectivity index (χ2n) is 6.01. The lowest BCUT2D eigenvalue weighted by Crippen LogP contribution is -2.22. The second kappa shape index (κ2) is 9.15. The number of unbranched alkanes of at least 4 members (excludes halogenated alkanes) is 1. The summed E-state index contributed by atoms with van der Waals surface area (Å²) in [6.07, 6.45) is 5.09. The molecule has 0 radical (unpaired) electrons. The summed E-state index contributed by atoms with van der Waals surface area (Å²) in [6, 6.07) is 16.0. The number of hydrogen-bond acceptors (Lipinski definition) is 4. The first-order valence-electron chi connectivity index (χ1n) is 8.72. The molecule has 1 aromatic heterocycles. The molecule has 0 aliphatic carbocycles. The van der Waals surface area contributed by atoms with Crippen molar-refractivity contribution in [1.29, 1.82) is 0 Å². The molecule has 26 heavy (non-hydrogen) atoms. The van der Waals surface area contributed by atoms with Crippen molar-refractivity contribution in [2.45, 2.75) is 19.8 Å². The van der Waals surface area contributed by atoms with E-state index in [-0.39, 0.29) is 5.91 Å². The molecule has 4 nitrogen and oxygen atoms in total. The summed E-state index contributed by atoms with van der Waals surface area (Å²) in [6.45, 7) is 3.35. The predicted octanol–water partition coefficient (Wildman–Crippen LogP) is 4.59. The van der Waals surface area contributed by atoms with Crippen molar-refractivity contribution in [3.8, 4) is 5.75 Å². The van der Waals surface area contributed by atoms with Gasteiger partial charge in [-0.05, 0) is 50.1 Å². The van der Waals surface area contributed by atoms with Crippen LogP contribution in [0.1, 0.15) is 23.4 Å². The molecule has 0 saturated carbocycles. The van der Waals surface area contributed by atoms with E-state index in [9.17, 15) is 4.79 Å². The predicted molar refractivity (Wildman–Crippen MR) is 108 cm³/mol. The Bertz CT molecular complexity index is 851. The first kappa shape index (κ1) is 18.1. The van der Waals surface area contributed by atoms with Crippen molar-refractivity contribution >= 4 is 33.5 Å². The number of aryl methyl sites for hydroxylation is 1. The van der Waals surface area contributed by atoms with E-state index in [0.717, 1.165) is 33.8 Å². The molecule has 1 heterocycles. The number of benzene rings is 2. The van der Waals surface area contributed by atoms with Crippen LogP contribution in [0.15, 0.2) is 54.6 Å². The van der Waals surface area contributed by atoms with E-state index in [1.54, 1.807) is 23.5 Å². The van der Waals surface area contributed by atoms with Crippen LogP contribution in [0.4, 0.5) is 0 Å². The Labute approximate surface area is 157 Å². The fourth-order valence-corrected chi connectivity index (χ4v) is 3.30. The van der Waals surface area contributed by atoms with Crippen LogP contribution in [0.5, 0.6) is 5.75 Å². The highest BCUT2D eigenvalue weighted by Crippen LogP contribution is 2.22. The van der Waals surface area contributed by atoms with E-state index in [0.29, 0.717) is 13.2 Å². The standard InChI is InChI=1S/C21H22N2O2S/c1-16-8-10-17(11-9-16)25-15-5-4-14-22-20(24)12-13-21-23-18-6-2-3-7-19(18)26-21/h2-3,6-13H,4-5,14-15H2,1H3,(H,22,24). The van der Waals surface area contributed by atoms with Gasteiger partial charge in [-0.1, -0.05) is 29.8 Å². The fraction of sp³-hybridized carbons (Fsp3) is 0.238. The van der Waals surface area contributed by atoms with Crippen LogP contribution in [0.2, 0.25) is 0 Å². The molecular weight excluding hydrogens is 344 g/mol. The maximum absolute atomic E-state index is 11.9. The molecule has 0 aliphatic heterocycles. The number of amides is 1. The highest BCUT2D eigenvalue weighted by Gasteiger charge is 2.01. The lowest BCUT2D eigenvalue weighted by molar-refractivity contribution is -0.116. The number of nitrogens with zero attached hydrogens (tertiary/aromatic N) is 1. The van der Waals surface area contributed by atoms with Crippen molar-refractivity contribution in [1.82, 2.24) is 10.3 Å². The third-order valence-corrected chi connectivity index (χ3v) is 4.85. The number of rotatable bonds is 8. The number of para-hydroxylation sites is 1. The third-order valence-electron chi connectivity index (χ3n) is 3.85. The minimum atomic E-state index is -0.0938. The summed E-state index contributed by atoms with van der Waals surface area (Å²) >= 11 is 1.58. The Hall–Kier alpha value is -2.66. The van der Waals surface area contributed by atoms with Gasteiger partial charge < -0.3 is 10.1 Å². The third kappa shape index (κ3) is 5.43. The lowest BCUT2D eigenvalue weighted by atomic mass is 10.2. The number of nitrogens with one attached hydrogen (secondary N) is 1. The number of thiazole rings is 1. The number of ether oxygens (including phenoxy) is 1. The Balaban J connectivity index is 1.33. The highest BCUT2D eigenvalue weighted by atomic mass is 32.1. The van der Waals surface area contributed by atoms with Gasteiger partial charge in [0.05, 0.1) is 16.8 Å². The van der Waals surface area contributed by atoms with Crippen molar-refractivity contribution in [2.24, 2.45) is 0 Å². The monoisotopic (exact) mass is 366 g/mol. The smallest absolute Gasteiger partial charge is 0.244 e. The SMILES string of the molecule is Cc1ccc(OCCCCNC(=O)C=Cc2nc3ccccc3s2)cc1. The van der Waals surface area contributed by atoms with Gasteiger partial charge in [0, 0.05) is 12.6 Å². The molecule has 0 saturated heterocycles. The molecule has 2 aromatic carbocycles. The molecule has 3 rings (SSSR count). The van der Waals surface area contributed by atoms with Crippen molar-refractivity contribution in [2.75, 3.05) is 13.2 Å². The Morgan fingerprint density at radius 1 is 1.15 bits per heavy atom. The van der Waals surface area contributed by atoms with Crippen LogP contribution < -0.4 is 10.1 Å². The van der Waals surface area contributed by atoms with E-state index in [4.69, 9.17) is 4.74 Å². The average molecular weight is 366 g/mol. The molecule has 134 valence electrons. The highest BCUT2D eigenvalue weighted by molar-refractivity contribution is 7.19. The van der Waals surface area contributed by atoms with E-state index in [1.165, 1.54) is 5.56 Å². The van der Waals surface area contributed by atoms with Gasteiger partial charge in [0.25, 0.3) is 0 Å². The molecule has 3 aromatic rings. The molecular formula is C21H22N2O2S. The van der Waals surface area contributed by atoms with Gasteiger partial charge in [0.2, 0.25) is 5.91 Å². The first-order valence-corrected chi connectivity index (χ1v) is 9.53. The van der Waals surface area contributed by atoms with Crippen LogP contribution in [-0.2, 0) is 4.79 Å². The molecule has 0 bridgehead atoms. The molecule has 0 unspecified atom stereocenters. The van der Waals surface area contributed by atoms with Crippen LogP contribution in [0, 0.1) is 6.92 Å². The molecule has 1 amide bonds. The van der Waals surface area contributed by atoms with E-state index in [1.807, 2.05) is 48.5 Å². The molecule has 0 atom stereocenters. The summed E-state index contributed by atoms with van der Waals surface area (Å²) in [5.74, 6) is 0.794. The van der Waals surface area contributed by atoms with Gasteiger partial charge >= 0.3 is 0 Å². The van der Waals surface area contributed by atoms with Crippen molar-refractivity contribution < 1.29 is 9.53 Å². The van der Waals surface area contributed by atoms with Crippen molar-refractivity contribution in [3.05, 3.63) is 65.2 Å². The zero-order valence-electron chi connectivity index (χ0n) is 14.8. The molecule has 0 aliphatic rings. The van der Waals surface area contributed by atoms with E-state index >= 15 is 0 Å². The molecule has 0 fully saturated rings. The number of carbonyl (C=O) groups excluding carboxylic acids is 1. The molecule has 1 N–H and O–H groups in total. The zero-order chi connectivity index (χ0) is 18.2. The Morgan fingerprint density at radius 2 is 1.96 bits per heavy atom. The van der Waals surface area contributed by atoms with Crippen LogP contribution >= 0.6 is 11.3 Å². The van der Waals surface area contributed by atoms with Gasteiger partial charge in [-0.3, -0.25) is 4.79 Å². The lowest BCUT2D eigenvalue weighted by Gasteiger charge is -2.06. The summed E-state index contributed by atoms with van der Waals surface area (Å²) in [5.41, 5.74) is 2.19. The van der Waals surface area contributed by atoms with Crippen LogP contribution in [-0.4, -0.2) is 24.0 Å². The largest absolute Gasteiger partial charge is 0.494 e. The Morgan fingerprint density at radius 3 is 2.77 bits per heavy atom. The van der Waals surface area contributed by atoms with Gasteiger partial charge in [0.1, 0.15) is 10.8 Å². The van der Waals surface area contributed by atoms with Crippen LogP contribution in [0.3, 0.4) is 0 Å². The summed E-state index contributed by atoms with van der Waals surface area (Å²) < 4.78 is 6.79. The zero-order valence-corrected chi connectivity index (χ0v) is 15.6. The average Bonchev–Trinajstić information content (AvgIpc) is 3.07. The summed E-state index contributed by atoms with van der Waals surface area (Å²) in [4.78, 5) is 16.3. The minimum absolute atomic E-state index is 0.0938. The van der Waals surface area contributed by atoms with Crippen LogP contribution in [0.25, 0.3) is 16.3 Å². The Kier molecular flexibility index (Phi) is 6.39. The van der Waals surface area contributed by atoms with E-state index < -0.39 is 0 Å². The molecule has 5 heteroatoms. The second-order valence-corrected chi connectivity index (χ2v) is 7.08. The topological polar surface area (TPSA) is 51.2 Å². The number of hydrogen-bond donors (Lipinski definition) is 1. The normalized spacial score (nSPS) is 11.1. The maximum Gasteiger partial charge on any atom is 0.244 e. The fourth-order valence-electron chi connectivity index (χ4n) is 2.43. The number of carbonyl (C=O) groups is 1. The number of aromatic nitrogens is 1. The van der Waals surface area contributed by atoms with Crippen molar-refractivity contribution in [3.63, 3.8) is 0 Å². The van der Waals surface area contributed by atoms with Gasteiger partial charge in [-0.15, -0.1) is 11.3 Å². The van der Waals surface area contributed by atoms with Gasteiger partial charge in [0.15, 0.2) is 0 Å².